The molecule has 1 aromatic rings. The van der Waals surface area contributed by atoms with Crippen molar-refractivity contribution in [2.75, 3.05) is 14.2 Å². The van der Waals surface area contributed by atoms with Crippen molar-refractivity contribution >= 4 is 19.5 Å². The highest BCUT2D eigenvalue weighted by atomic mass is 31.2. The van der Waals surface area contributed by atoms with Gasteiger partial charge in [0.2, 0.25) is 0 Å². The Morgan fingerprint density at radius 3 is 2.36 bits per heavy atom. The van der Waals surface area contributed by atoms with E-state index in [-0.39, 0.29) is 11.8 Å². The molecule has 6 heteroatoms. The van der Waals surface area contributed by atoms with Crippen molar-refractivity contribution in [1.82, 2.24) is 0 Å². The molecule has 0 bridgehead atoms. The van der Waals surface area contributed by atoms with Crippen molar-refractivity contribution in [3.63, 3.8) is 0 Å². The lowest BCUT2D eigenvalue weighted by Gasteiger charge is -2.17. The van der Waals surface area contributed by atoms with Gasteiger partial charge in [0.25, 0.3) is 0 Å². The highest BCUT2D eigenvalue weighted by Crippen LogP contribution is 2.50. The fourth-order valence-electron chi connectivity index (χ4n) is 2.35. The average molecular weight is 323 g/mol. The first-order valence-electron chi connectivity index (χ1n) is 7.46. The third-order valence-corrected chi connectivity index (χ3v) is 4.91. The van der Waals surface area contributed by atoms with Crippen LogP contribution in [0.4, 0.5) is 0 Å². The Balaban J connectivity index is 2.29. The molecule has 0 heterocycles. The second-order valence-electron chi connectivity index (χ2n) is 5.13. The number of phosphoric ester groups is 1. The van der Waals surface area contributed by atoms with Gasteiger partial charge in [-0.2, -0.15) is 0 Å². The predicted octanol–water partition coefficient (Wildman–Crippen LogP) is 4.45. The number of hydrogen-bond acceptors (Lipinski definition) is 5. The third-order valence-electron chi connectivity index (χ3n) is 3.61. The summed E-state index contributed by atoms with van der Waals surface area (Å²) in [5.74, 6) is 3.19. The van der Waals surface area contributed by atoms with Gasteiger partial charge >= 0.3 is 7.82 Å². The summed E-state index contributed by atoms with van der Waals surface area (Å²) in [5.41, 5.74) is 0.733. The number of rotatable bonds is 6. The fraction of sp³-hybridized carbons (Fsp3) is 0.500. The molecule has 1 aromatic carbocycles. The summed E-state index contributed by atoms with van der Waals surface area (Å²) < 4.78 is 27.3. The van der Waals surface area contributed by atoms with Gasteiger partial charge in [0.1, 0.15) is 0 Å². The van der Waals surface area contributed by atoms with Gasteiger partial charge < -0.3 is 4.52 Å². The smallest absolute Gasteiger partial charge is 0.393 e. The van der Waals surface area contributed by atoms with Gasteiger partial charge in [-0.05, 0) is 12.8 Å². The van der Waals surface area contributed by atoms with Gasteiger partial charge in [0.05, 0.1) is 6.04 Å². The normalized spacial score (nSPS) is 15.9. The van der Waals surface area contributed by atoms with Crippen LogP contribution >= 0.6 is 7.82 Å². The van der Waals surface area contributed by atoms with E-state index in [2.05, 4.69) is 10.9 Å². The molecular formula is C16H22NO4P. The van der Waals surface area contributed by atoms with E-state index in [0.29, 0.717) is 0 Å². The fourth-order valence-corrected chi connectivity index (χ4v) is 3.02. The Morgan fingerprint density at radius 2 is 1.77 bits per heavy atom. The molecule has 5 nitrogen and oxygen atoms in total. The monoisotopic (exact) mass is 323 g/mol. The zero-order valence-electron chi connectivity index (χ0n) is 13.0. The van der Waals surface area contributed by atoms with Crippen molar-refractivity contribution < 1.29 is 18.1 Å². The van der Waals surface area contributed by atoms with Crippen molar-refractivity contribution in [2.45, 2.75) is 38.1 Å². The predicted molar refractivity (Wildman–Crippen MR) is 86.9 cm³/mol. The van der Waals surface area contributed by atoms with Gasteiger partial charge in [-0.25, -0.2) is 9.56 Å². The van der Waals surface area contributed by atoms with Crippen molar-refractivity contribution in [2.24, 2.45) is 4.99 Å². The molecule has 0 aliphatic heterocycles. The maximum absolute atomic E-state index is 12.2. The van der Waals surface area contributed by atoms with Crippen LogP contribution in [0.5, 0.6) is 0 Å². The van der Waals surface area contributed by atoms with Crippen LogP contribution < -0.4 is 0 Å². The summed E-state index contributed by atoms with van der Waals surface area (Å²) in [6.45, 7) is 0. The Hall–Kier alpha value is -1.38. The van der Waals surface area contributed by atoms with Crippen LogP contribution in [-0.2, 0) is 18.1 Å². The lowest BCUT2D eigenvalue weighted by Crippen LogP contribution is -2.09. The summed E-state index contributed by atoms with van der Waals surface area (Å²) in [4.78, 5) is 4.47. The van der Waals surface area contributed by atoms with E-state index >= 15 is 0 Å². The first kappa shape index (κ1) is 17.0. The molecule has 0 atom stereocenters. The van der Waals surface area contributed by atoms with Crippen LogP contribution in [0.25, 0.3) is 5.76 Å². The van der Waals surface area contributed by atoms with Gasteiger partial charge in [0, 0.05) is 25.7 Å². The number of nitrogens with zero attached hydrogens (tertiary/aromatic N) is 1. The first-order valence-corrected chi connectivity index (χ1v) is 8.92. The molecule has 2 rings (SSSR count). The van der Waals surface area contributed by atoms with Crippen LogP contribution in [0.2, 0.25) is 0 Å². The van der Waals surface area contributed by atoms with E-state index in [9.17, 15) is 4.57 Å². The molecule has 0 aromatic heterocycles. The zero-order chi connectivity index (χ0) is 15.8. The van der Waals surface area contributed by atoms with Crippen molar-refractivity contribution in [1.29, 1.82) is 0 Å². The molecule has 22 heavy (non-hydrogen) atoms. The minimum atomic E-state index is -3.63. The summed E-state index contributed by atoms with van der Waals surface area (Å²) in [6.07, 6.45) is 5.75. The minimum absolute atomic E-state index is 0.250. The lowest BCUT2D eigenvalue weighted by molar-refractivity contribution is 0.202. The van der Waals surface area contributed by atoms with E-state index in [1.807, 2.05) is 30.3 Å². The van der Waals surface area contributed by atoms with Crippen LogP contribution in [0.15, 0.2) is 35.3 Å². The van der Waals surface area contributed by atoms with Gasteiger partial charge in [-0.3, -0.25) is 9.05 Å². The summed E-state index contributed by atoms with van der Waals surface area (Å²) >= 11 is 0. The number of hydrogen-bond donors (Lipinski definition) is 0. The average Bonchev–Trinajstić information content (AvgIpc) is 2.60. The Bertz CT molecular complexity index is 567. The molecule has 0 saturated heterocycles. The molecule has 1 aliphatic carbocycles. The van der Waals surface area contributed by atoms with E-state index in [1.165, 1.54) is 33.5 Å². The molecule has 1 saturated carbocycles. The molecule has 0 unspecified atom stereocenters. The summed E-state index contributed by atoms with van der Waals surface area (Å²) in [6, 6.07) is 9.56. The number of phosphoric acid groups is 1. The summed E-state index contributed by atoms with van der Waals surface area (Å²) in [7, 11) is -1.07. The largest absolute Gasteiger partial charge is 0.530 e. The van der Waals surface area contributed by atoms with Crippen LogP contribution in [0, 0.1) is 0 Å². The molecule has 0 amide bonds. The zero-order valence-corrected chi connectivity index (χ0v) is 13.9. The van der Waals surface area contributed by atoms with E-state index in [1.54, 1.807) is 0 Å². The summed E-state index contributed by atoms with van der Waals surface area (Å²) in [5, 5.41) is 0. The van der Waals surface area contributed by atoms with Crippen molar-refractivity contribution in [3.8, 4) is 0 Å². The quantitative estimate of drug-likeness (QED) is 0.441. The van der Waals surface area contributed by atoms with E-state index in [4.69, 9.17) is 13.6 Å². The van der Waals surface area contributed by atoms with Crippen LogP contribution in [-0.4, -0.2) is 26.1 Å². The highest BCUT2D eigenvalue weighted by molar-refractivity contribution is 7.48. The van der Waals surface area contributed by atoms with Crippen LogP contribution in [0.3, 0.4) is 0 Å². The molecule has 1 fully saturated rings. The van der Waals surface area contributed by atoms with Gasteiger partial charge in [0.15, 0.2) is 5.76 Å². The van der Waals surface area contributed by atoms with Crippen molar-refractivity contribution in [3.05, 3.63) is 35.9 Å². The molecule has 0 radical (unpaired) electrons. The highest BCUT2D eigenvalue weighted by Gasteiger charge is 2.26. The Kier molecular flexibility index (Phi) is 6.41. The molecule has 120 valence electrons. The SMILES string of the molecule is COP(=O)(OC)OC(=C=NC1CCCCC1)c1ccccc1. The minimum Gasteiger partial charge on any atom is -0.393 e. The second-order valence-corrected chi connectivity index (χ2v) is 6.94. The second kappa shape index (κ2) is 8.30. The van der Waals surface area contributed by atoms with Crippen LogP contribution in [0.1, 0.15) is 37.7 Å². The molecular weight excluding hydrogens is 301 g/mol. The number of aliphatic imine (C=N–C) groups is 1. The lowest BCUT2D eigenvalue weighted by atomic mass is 9.96. The Morgan fingerprint density at radius 1 is 1.14 bits per heavy atom. The molecule has 1 aliphatic rings. The first-order chi connectivity index (χ1) is 10.7. The number of benzene rings is 1. The van der Waals surface area contributed by atoms with E-state index < -0.39 is 7.82 Å². The Labute approximate surface area is 131 Å². The topological polar surface area (TPSA) is 57.1 Å². The maximum Gasteiger partial charge on any atom is 0.530 e. The molecule has 0 N–H and O–H groups in total. The standard InChI is InChI=1S/C16H22NO4P/c1-19-22(18,20-2)21-16(14-9-5-3-6-10-14)13-17-15-11-7-4-8-12-15/h3,5-6,9-10,15H,4,7-8,11-12H2,1-2H3. The van der Waals surface area contributed by atoms with Gasteiger partial charge in [-0.15, -0.1) is 0 Å². The third kappa shape index (κ3) is 4.82. The van der Waals surface area contributed by atoms with Gasteiger partial charge in [-0.1, -0.05) is 49.6 Å². The maximum atomic E-state index is 12.2. The van der Waals surface area contributed by atoms with E-state index in [0.717, 1.165) is 18.4 Å². The molecule has 0 spiro atoms.